The molecule has 0 bridgehead atoms. The molecule has 0 N–H and O–H groups in total. The first kappa shape index (κ1) is 41.1. The quantitative estimate of drug-likeness (QED) is 0.0767. The molecule has 0 aliphatic heterocycles. The van der Waals surface area contributed by atoms with Gasteiger partial charge >= 0.3 is 19.5 Å². The van der Waals surface area contributed by atoms with E-state index in [0.29, 0.717) is 0 Å². The average molecular weight is 576 g/mol. The second-order valence-electron chi connectivity index (χ2n) is 11.0. The van der Waals surface area contributed by atoms with Crippen LogP contribution in [-0.4, -0.2) is 11.9 Å². The van der Waals surface area contributed by atoms with Crippen molar-refractivity contribution in [2.24, 2.45) is 5.41 Å². The third-order valence-corrected chi connectivity index (χ3v) is 7.44. The average Bonchev–Trinajstić information content (AvgIpc) is 2.86. The Bertz CT molecular complexity index is 473. The molecule has 0 rings (SSSR count). The van der Waals surface area contributed by atoms with Crippen LogP contribution < -0.4 is 10.2 Å². The molecule has 0 saturated carbocycles. The van der Waals surface area contributed by atoms with Crippen molar-refractivity contribution < 1.29 is 39.3 Å². The van der Waals surface area contributed by atoms with Crippen LogP contribution >= 0.6 is 0 Å². The van der Waals surface area contributed by atoms with Crippen molar-refractivity contribution in [3.05, 3.63) is 0 Å². The van der Waals surface area contributed by atoms with E-state index in [1.165, 1.54) is 89.9 Å². The Morgan fingerprint density at radius 1 is 0.459 bits per heavy atom. The monoisotopic (exact) mass is 574 g/mol. The number of carbonyl (C=O) groups is 2. The minimum Gasteiger partial charge on any atom is -0.550 e. The van der Waals surface area contributed by atoms with Gasteiger partial charge in [-0.25, -0.2) is 0 Å². The summed E-state index contributed by atoms with van der Waals surface area (Å²) in [6, 6.07) is 0. The molecule has 0 fully saturated rings. The van der Waals surface area contributed by atoms with Crippen LogP contribution in [0.25, 0.3) is 0 Å². The summed E-state index contributed by atoms with van der Waals surface area (Å²) in [5.41, 5.74) is -0.547. The number of unbranched alkanes of at least 4 members (excludes halogenated alkanes) is 17. The van der Waals surface area contributed by atoms with Gasteiger partial charge in [-0.2, -0.15) is 0 Å². The smallest absolute Gasteiger partial charge is 0.550 e. The SMILES string of the molecule is CCCCCCCCCCC(CCCC)(CCCC)C(=O)[O-].CCCCCCCCCCCC(=O)[O-].[Zn+2]. The molecule has 0 spiro atoms. The number of rotatable bonds is 26. The topological polar surface area (TPSA) is 80.3 Å². The Morgan fingerprint density at radius 2 is 0.757 bits per heavy atom. The minimum absolute atomic E-state index is 0. The number of hydrogen-bond acceptors (Lipinski definition) is 4. The van der Waals surface area contributed by atoms with Crippen LogP contribution in [0.4, 0.5) is 0 Å². The molecule has 0 aromatic rings. The zero-order chi connectivity index (χ0) is 27.3. The second kappa shape index (κ2) is 31.8. The number of carboxylic acids is 2. The zero-order valence-corrected chi connectivity index (χ0v) is 28.5. The number of aliphatic carboxylic acids is 2. The van der Waals surface area contributed by atoms with E-state index in [-0.39, 0.29) is 25.9 Å². The largest absolute Gasteiger partial charge is 2.00 e. The predicted octanol–water partition coefficient (Wildman–Crippen LogP) is 8.29. The maximum absolute atomic E-state index is 11.8. The molecule has 0 saturated heterocycles. The van der Waals surface area contributed by atoms with Gasteiger partial charge in [-0.05, 0) is 32.1 Å². The van der Waals surface area contributed by atoms with Crippen LogP contribution in [0.5, 0.6) is 0 Å². The number of hydrogen-bond donors (Lipinski definition) is 0. The van der Waals surface area contributed by atoms with Crippen LogP contribution in [0.15, 0.2) is 0 Å². The molecule has 4 nitrogen and oxygen atoms in total. The summed E-state index contributed by atoms with van der Waals surface area (Å²) in [7, 11) is 0. The molecule has 0 aromatic carbocycles. The van der Waals surface area contributed by atoms with Crippen molar-refractivity contribution in [2.75, 3.05) is 0 Å². The fourth-order valence-corrected chi connectivity index (χ4v) is 4.89. The third-order valence-electron chi connectivity index (χ3n) is 7.44. The van der Waals surface area contributed by atoms with E-state index in [4.69, 9.17) is 0 Å². The van der Waals surface area contributed by atoms with E-state index in [9.17, 15) is 19.8 Å². The predicted molar refractivity (Wildman–Crippen MR) is 151 cm³/mol. The van der Waals surface area contributed by atoms with Gasteiger partial charge < -0.3 is 19.8 Å². The van der Waals surface area contributed by atoms with Gasteiger partial charge in [-0.3, -0.25) is 0 Å². The summed E-state index contributed by atoms with van der Waals surface area (Å²) in [5.74, 6) is -1.70. The molecule has 216 valence electrons. The normalized spacial score (nSPS) is 10.9. The molecular formula is C32H62O4Zn. The summed E-state index contributed by atoms with van der Waals surface area (Å²) in [6.07, 6.45) is 27.9. The van der Waals surface area contributed by atoms with Gasteiger partial charge in [-0.1, -0.05) is 156 Å². The number of carboxylic acid groups (broad SMARTS) is 2. The van der Waals surface area contributed by atoms with E-state index in [2.05, 4.69) is 27.7 Å². The van der Waals surface area contributed by atoms with Gasteiger partial charge in [0.25, 0.3) is 0 Å². The second-order valence-corrected chi connectivity index (χ2v) is 11.0. The van der Waals surface area contributed by atoms with Gasteiger partial charge in [-0.15, -0.1) is 0 Å². The Morgan fingerprint density at radius 3 is 1.08 bits per heavy atom. The van der Waals surface area contributed by atoms with Crippen LogP contribution in [0.3, 0.4) is 0 Å². The van der Waals surface area contributed by atoms with E-state index in [0.717, 1.165) is 64.2 Å². The van der Waals surface area contributed by atoms with Crippen molar-refractivity contribution in [1.29, 1.82) is 0 Å². The van der Waals surface area contributed by atoms with E-state index in [1.807, 2.05) is 0 Å². The van der Waals surface area contributed by atoms with Crippen molar-refractivity contribution in [2.45, 2.75) is 188 Å². The Hall–Kier alpha value is -0.437. The molecule has 0 aliphatic carbocycles. The molecule has 0 unspecified atom stereocenters. The Balaban J connectivity index is -0.000000668. The number of carbonyl (C=O) groups excluding carboxylic acids is 2. The third kappa shape index (κ3) is 28.4. The van der Waals surface area contributed by atoms with E-state index >= 15 is 0 Å². The molecule has 5 heteroatoms. The maximum atomic E-state index is 11.8. The summed E-state index contributed by atoms with van der Waals surface area (Å²) in [4.78, 5) is 21.9. The molecule has 0 atom stereocenters. The molecule has 0 aliphatic rings. The van der Waals surface area contributed by atoms with Gasteiger partial charge in [0, 0.05) is 17.4 Å². The summed E-state index contributed by atoms with van der Waals surface area (Å²) < 4.78 is 0. The summed E-state index contributed by atoms with van der Waals surface area (Å²) in [5, 5.41) is 21.9. The van der Waals surface area contributed by atoms with Gasteiger partial charge in [0.2, 0.25) is 0 Å². The van der Waals surface area contributed by atoms with Gasteiger partial charge in [0.15, 0.2) is 0 Å². The molecule has 0 aromatic heterocycles. The van der Waals surface area contributed by atoms with Crippen molar-refractivity contribution in [3.8, 4) is 0 Å². The van der Waals surface area contributed by atoms with Crippen molar-refractivity contribution in [3.63, 3.8) is 0 Å². The van der Waals surface area contributed by atoms with Gasteiger partial charge in [0.1, 0.15) is 0 Å². The van der Waals surface area contributed by atoms with Crippen LogP contribution in [0.1, 0.15) is 188 Å². The first-order chi connectivity index (χ1) is 17.4. The first-order valence-electron chi connectivity index (χ1n) is 15.8. The molecular weight excluding hydrogens is 514 g/mol. The van der Waals surface area contributed by atoms with Crippen LogP contribution in [0.2, 0.25) is 0 Å². The van der Waals surface area contributed by atoms with Crippen molar-refractivity contribution in [1.82, 2.24) is 0 Å². The van der Waals surface area contributed by atoms with Gasteiger partial charge in [0.05, 0.1) is 0 Å². The molecule has 37 heavy (non-hydrogen) atoms. The fourth-order valence-electron chi connectivity index (χ4n) is 4.89. The fraction of sp³-hybridized carbons (Fsp3) is 0.938. The van der Waals surface area contributed by atoms with Crippen LogP contribution in [0, 0.1) is 5.41 Å². The zero-order valence-electron chi connectivity index (χ0n) is 25.5. The molecule has 0 heterocycles. The Kier molecular flexibility index (Phi) is 35.3. The van der Waals surface area contributed by atoms with Crippen molar-refractivity contribution >= 4 is 11.9 Å². The van der Waals surface area contributed by atoms with E-state index < -0.39 is 17.4 Å². The molecule has 0 amide bonds. The van der Waals surface area contributed by atoms with Crippen LogP contribution in [-0.2, 0) is 29.1 Å². The summed E-state index contributed by atoms with van der Waals surface area (Å²) in [6.45, 7) is 8.73. The Labute approximate surface area is 244 Å². The van der Waals surface area contributed by atoms with E-state index in [1.54, 1.807) is 0 Å². The summed E-state index contributed by atoms with van der Waals surface area (Å²) >= 11 is 0. The minimum atomic E-state index is -0.909. The molecule has 0 radical (unpaired) electrons. The first-order valence-corrected chi connectivity index (χ1v) is 15.8. The maximum Gasteiger partial charge on any atom is 2.00 e. The standard InChI is InChI=1S/C20H40O2.C12H24O2.Zn/c1-4-7-10-11-12-13-14-15-18-20(19(21)22,16-8-5-2)17-9-6-3;1-2-3-4-5-6-7-8-9-10-11-12(13)14;/h4-18H2,1-3H3,(H,21,22);2-11H2,1H3,(H,13,14);/q;;+2/p-2.